The van der Waals surface area contributed by atoms with Crippen LogP contribution in [0, 0.1) is 0 Å². The Labute approximate surface area is 110 Å². The summed E-state index contributed by atoms with van der Waals surface area (Å²) < 4.78 is 17.0. The molecule has 0 aliphatic carbocycles. The lowest BCUT2D eigenvalue weighted by molar-refractivity contribution is 0.0703. The molecule has 0 radical (unpaired) electrons. The van der Waals surface area contributed by atoms with Gasteiger partial charge >= 0.3 is 0 Å². The van der Waals surface area contributed by atoms with Gasteiger partial charge in [0.15, 0.2) is 11.5 Å². The summed E-state index contributed by atoms with van der Waals surface area (Å²) in [4.78, 5) is 0. The van der Waals surface area contributed by atoms with Crippen LogP contribution >= 0.6 is 0 Å². The van der Waals surface area contributed by atoms with E-state index in [0.29, 0.717) is 37.1 Å². The summed E-state index contributed by atoms with van der Waals surface area (Å²) in [6.45, 7) is 0.976. The first-order chi connectivity index (χ1) is 9.36. The third kappa shape index (κ3) is 2.53. The Bertz CT molecular complexity index is 556. The molecular formula is C13H15N3O3. The number of benzene rings is 1. The first-order valence-corrected chi connectivity index (χ1v) is 6.27. The molecule has 2 N–H and O–H groups in total. The molecule has 100 valence electrons. The van der Waals surface area contributed by atoms with E-state index in [1.54, 1.807) is 0 Å². The van der Waals surface area contributed by atoms with Gasteiger partial charge < -0.3 is 19.6 Å². The van der Waals surface area contributed by atoms with Gasteiger partial charge in [0.05, 0.1) is 0 Å². The normalized spacial score (nSPS) is 17.4. The zero-order valence-corrected chi connectivity index (χ0v) is 10.4. The molecule has 2 heterocycles. The molecule has 1 unspecified atom stereocenters. The van der Waals surface area contributed by atoms with Crippen LogP contribution in [0.15, 0.2) is 28.7 Å². The van der Waals surface area contributed by atoms with Crippen molar-refractivity contribution in [1.82, 2.24) is 10.2 Å². The average molecular weight is 261 g/mol. The van der Waals surface area contributed by atoms with Crippen LogP contribution in [0.1, 0.15) is 24.3 Å². The molecule has 0 fully saturated rings. The fourth-order valence-electron chi connectivity index (χ4n) is 1.89. The lowest BCUT2D eigenvalue weighted by atomic mass is 10.2. The van der Waals surface area contributed by atoms with Crippen molar-refractivity contribution in [3.05, 3.63) is 36.0 Å². The van der Waals surface area contributed by atoms with E-state index >= 15 is 0 Å². The number of nitrogens with two attached hydrogens (primary N) is 1. The monoisotopic (exact) mass is 261 g/mol. The lowest BCUT2D eigenvalue weighted by Gasteiger charge is -2.23. The highest BCUT2D eigenvalue weighted by Crippen LogP contribution is 2.35. The summed E-state index contributed by atoms with van der Waals surface area (Å²) >= 11 is 0. The highest BCUT2D eigenvalue weighted by atomic mass is 16.6. The minimum atomic E-state index is -0.353. The Morgan fingerprint density at radius 1 is 1.21 bits per heavy atom. The number of hydrogen-bond donors (Lipinski definition) is 1. The Morgan fingerprint density at radius 3 is 2.89 bits per heavy atom. The van der Waals surface area contributed by atoms with Gasteiger partial charge in [0.2, 0.25) is 12.0 Å². The molecule has 1 aliphatic rings. The van der Waals surface area contributed by atoms with E-state index < -0.39 is 0 Å². The number of aromatic nitrogens is 2. The number of ether oxygens (including phenoxy) is 2. The molecule has 0 saturated heterocycles. The summed E-state index contributed by atoms with van der Waals surface area (Å²) in [5, 5.41) is 7.98. The largest absolute Gasteiger partial charge is 0.485 e. The number of nitrogens with zero attached hydrogens (tertiary/aromatic N) is 2. The van der Waals surface area contributed by atoms with E-state index in [0.717, 1.165) is 12.2 Å². The second kappa shape index (κ2) is 5.27. The molecule has 1 aromatic carbocycles. The summed E-state index contributed by atoms with van der Waals surface area (Å²) in [6, 6.07) is 7.52. The van der Waals surface area contributed by atoms with Crippen molar-refractivity contribution in [2.45, 2.75) is 18.9 Å². The van der Waals surface area contributed by atoms with E-state index in [1.165, 1.54) is 0 Å². The summed E-state index contributed by atoms with van der Waals surface area (Å²) in [5.41, 5.74) is 5.44. The summed E-state index contributed by atoms with van der Waals surface area (Å²) in [7, 11) is 0. The van der Waals surface area contributed by atoms with Gasteiger partial charge in [-0.25, -0.2) is 0 Å². The zero-order valence-electron chi connectivity index (χ0n) is 10.4. The molecule has 2 aromatic rings. The second-order valence-electron chi connectivity index (χ2n) is 4.29. The minimum absolute atomic E-state index is 0.353. The van der Waals surface area contributed by atoms with Gasteiger partial charge in [0, 0.05) is 6.42 Å². The lowest BCUT2D eigenvalue weighted by Crippen LogP contribution is -2.21. The second-order valence-corrected chi connectivity index (χ2v) is 4.29. The van der Waals surface area contributed by atoms with Crippen molar-refractivity contribution < 1.29 is 13.9 Å². The highest BCUT2D eigenvalue weighted by molar-refractivity contribution is 5.40. The first kappa shape index (κ1) is 12.0. The zero-order chi connectivity index (χ0) is 13.1. The number of aryl methyl sites for hydroxylation is 1. The summed E-state index contributed by atoms with van der Waals surface area (Å²) in [5.74, 6) is 2.46. The molecule has 6 heteroatoms. The van der Waals surface area contributed by atoms with E-state index in [-0.39, 0.29) is 6.10 Å². The Morgan fingerprint density at radius 2 is 2.05 bits per heavy atom. The van der Waals surface area contributed by atoms with Gasteiger partial charge in [-0.15, -0.1) is 10.2 Å². The molecule has 0 saturated carbocycles. The van der Waals surface area contributed by atoms with Gasteiger partial charge in [0.25, 0.3) is 5.89 Å². The topological polar surface area (TPSA) is 83.4 Å². The fourth-order valence-corrected chi connectivity index (χ4v) is 1.89. The molecule has 6 nitrogen and oxygen atoms in total. The van der Waals surface area contributed by atoms with Crippen LogP contribution in [-0.2, 0) is 6.42 Å². The predicted molar refractivity (Wildman–Crippen MR) is 67.0 cm³/mol. The van der Waals surface area contributed by atoms with Crippen LogP contribution in [0.4, 0.5) is 0 Å². The molecule has 1 aliphatic heterocycles. The van der Waals surface area contributed by atoms with Crippen molar-refractivity contribution in [2.24, 2.45) is 5.73 Å². The molecular weight excluding hydrogens is 246 g/mol. The molecule has 19 heavy (non-hydrogen) atoms. The Hall–Kier alpha value is -2.08. The van der Waals surface area contributed by atoms with Crippen LogP contribution in [0.2, 0.25) is 0 Å². The van der Waals surface area contributed by atoms with Crippen molar-refractivity contribution in [3.63, 3.8) is 0 Å². The van der Waals surface area contributed by atoms with Crippen molar-refractivity contribution in [1.29, 1.82) is 0 Å². The third-order valence-electron chi connectivity index (χ3n) is 2.86. The Balaban J connectivity index is 1.72. The number of rotatable bonds is 4. The van der Waals surface area contributed by atoms with Gasteiger partial charge in [-0.05, 0) is 25.1 Å². The SMILES string of the molecule is NCCCc1nnc(C2COc3ccccc3O2)o1. The average Bonchev–Trinajstić information content (AvgIpc) is 2.93. The first-order valence-electron chi connectivity index (χ1n) is 6.27. The standard InChI is InChI=1S/C13H15N3O3/c14-7-3-6-12-15-16-13(19-12)11-8-17-9-4-1-2-5-10(9)18-11/h1-2,4-5,11H,3,6-8,14H2. The smallest absolute Gasteiger partial charge is 0.260 e. The van der Waals surface area contributed by atoms with Crippen LogP contribution < -0.4 is 15.2 Å². The quantitative estimate of drug-likeness (QED) is 0.897. The van der Waals surface area contributed by atoms with Crippen molar-refractivity contribution in [3.8, 4) is 11.5 Å². The molecule has 1 aromatic heterocycles. The fraction of sp³-hybridized carbons (Fsp3) is 0.385. The summed E-state index contributed by atoms with van der Waals surface area (Å²) in [6.07, 6.45) is 1.16. The molecule has 0 spiro atoms. The number of para-hydroxylation sites is 2. The van der Waals surface area contributed by atoms with Crippen LogP contribution in [0.5, 0.6) is 11.5 Å². The van der Waals surface area contributed by atoms with E-state index in [1.807, 2.05) is 24.3 Å². The van der Waals surface area contributed by atoms with Crippen LogP contribution in [-0.4, -0.2) is 23.3 Å². The third-order valence-corrected chi connectivity index (χ3v) is 2.86. The molecule has 1 atom stereocenters. The van der Waals surface area contributed by atoms with Gasteiger partial charge in [0.1, 0.15) is 6.61 Å². The molecule has 0 amide bonds. The van der Waals surface area contributed by atoms with Crippen molar-refractivity contribution >= 4 is 0 Å². The van der Waals surface area contributed by atoms with Gasteiger partial charge in [-0.1, -0.05) is 12.1 Å². The van der Waals surface area contributed by atoms with Crippen molar-refractivity contribution in [2.75, 3.05) is 13.2 Å². The van der Waals surface area contributed by atoms with E-state index in [4.69, 9.17) is 19.6 Å². The maximum atomic E-state index is 5.79. The Kier molecular flexibility index (Phi) is 3.33. The van der Waals surface area contributed by atoms with Gasteiger partial charge in [-0.2, -0.15) is 0 Å². The van der Waals surface area contributed by atoms with Crippen LogP contribution in [0.3, 0.4) is 0 Å². The van der Waals surface area contributed by atoms with E-state index in [2.05, 4.69) is 10.2 Å². The van der Waals surface area contributed by atoms with Crippen LogP contribution in [0.25, 0.3) is 0 Å². The maximum Gasteiger partial charge on any atom is 0.260 e. The number of fused-ring (bicyclic) bond motifs is 1. The number of hydrogen-bond acceptors (Lipinski definition) is 6. The maximum absolute atomic E-state index is 5.79. The van der Waals surface area contributed by atoms with Gasteiger partial charge in [-0.3, -0.25) is 0 Å². The molecule has 3 rings (SSSR count). The predicted octanol–water partition coefficient (Wildman–Crippen LogP) is 1.47. The minimum Gasteiger partial charge on any atom is -0.485 e. The van der Waals surface area contributed by atoms with E-state index in [9.17, 15) is 0 Å². The molecule has 0 bridgehead atoms. The highest BCUT2D eigenvalue weighted by Gasteiger charge is 2.27.